The molecule has 0 atom stereocenters. The van der Waals surface area contributed by atoms with Crippen molar-refractivity contribution in [2.75, 3.05) is 0 Å². The summed E-state index contributed by atoms with van der Waals surface area (Å²) in [6.07, 6.45) is 1.68. The fourth-order valence-electron chi connectivity index (χ4n) is 2.37. The number of hydrogen-bond acceptors (Lipinski definition) is 5. The number of fused-ring (bicyclic) bond motifs is 2. The van der Waals surface area contributed by atoms with Gasteiger partial charge in [-0.05, 0) is 19.1 Å². The lowest BCUT2D eigenvalue weighted by atomic mass is 10.2. The van der Waals surface area contributed by atoms with Crippen molar-refractivity contribution in [2.24, 2.45) is 0 Å². The topological polar surface area (TPSA) is 92.2 Å². The second kappa shape index (κ2) is 4.01. The molecule has 8 heteroatoms. The van der Waals surface area contributed by atoms with Gasteiger partial charge in [-0.2, -0.15) is 8.75 Å². The SMILES string of the molecule is CCn1c(=O)[nH]c2cc3[nH]c(-c4cnsn4)nc3cc21. The molecule has 1 aromatic carbocycles. The molecule has 0 unspecified atom stereocenters. The van der Waals surface area contributed by atoms with E-state index in [0.717, 1.165) is 39.5 Å². The Kier molecular flexibility index (Phi) is 2.27. The molecule has 3 aromatic heterocycles. The van der Waals surface area contributed by atoms with Crippen LogP contribution in [0.25, 0.3) is 33.6 Å². The van der Waals surface area contributed by atoms with E-state index in [4.69, 9.17) is 0 Å². The number of imidazole rings is 2. The minimum absolute atomic E-state index is 0.0981. The third-order valence-corrected chi connectivity index (χ3v) is 3.78. The standard InChI is InChI=1S/C12H10N6OS/c1-2-18-10-4-7-6(3-8(10)16-12(18)19)14-11(15-7)9-5-13-20-17-9/h3-5H,2H2,1H3,(H,14,15)(H,16,19). The summed E-state index contributed by atoms with van der Waals surface area (Å²) in [4.78, 5) is 22.3. The lowest BCUT2D eigenvalue weighted by Crippen LogP contribution is -2.14. The lowest BCUT2D eigenvalue weighted by molar-refractivity contribution is 0.753. The molecule has 0 saturated heterocycles. The summed E-state index contributed by atoms with van der Waals surface area (Å²) in [5.41, 5.74) is 3.96. The monoisotopic (exact) mass is 286 g/mol. The van der Waals surface area contributed by atoms with Crippen LogP contribution >= 0.6 is 11.7 Å². The molecular formula is C12H10N6OS. The number of aromatic amines is 2. The summed E-state index contributed by atoms with van der Waals surface area (Å²) in [5.74, 6) is 0.687. The smallest absolute Gasteiger partial charge is 0.326 e. The number of hydrogen-bond donors (Lipinski definition) is 2. The molecule has 4 rings (SSSR count). The van der Waals surface area contributed by atoms with Crippen LogP contribution in [0.5, 0.6) is 0 Å². The van der Waals surface area contributed by atoms with Gasteiger partial charge in [-0.1, -0.05) is 0 Å². The Morgan fingerprint density at radius 3 is 2.95 bits per heavy atom. The van der Waals surface area contributed by atoms with Crippen molar-refractivity contribution < 1.29 is 0 Å². The molecule has 0 amide bonds. The minimum atomic E-state index is -0.0981. The third-order valence-electron chi connectivity index (χ3n) is 3.30. The van der Waals surface area contributed by atoms with Gasteiger partial charge < -0.3 is 9.97 Å². The Bertz CT molecular complexity index is 961. The van der Waals surface area contributed by atoms with E-state index in [1.807, 2.05) is 19.1 Å². The van der Waals surface area contributed by atoms with E-state index in [2.05, 4.69) is 23.7 Å². The Hall–Kier alpha value is -2.48. The number of aromatic nitrogens is 6. The van der Waals surface area contributed by atoms with Gasteiger partial charge in [-0.3, -0.25) is 4.57 Å². The van der Waals surface area contributed by atoms with E-state index in [1.165, 1.54) is 0 Å². The van der Waals surface area contributed by atoms with Crippen molar-refractivity contribution >= 4 is 33.8 Å². The summed E-state index contributed by atoms with van der Waals surface area (Å²) in [7, 11) is 0. The number of rotatable bonds is 2. The number of nitrogens with zero attached hydrogens (tertiary/aromatic N) is 4. The maximum atomic E-state index is 11.8. The van der Waals surface area contributed by atoms with Crippen molar-refractivity contribution in [3.63, 3.8) is 0 Å². The van der Waals surface area contributed by atoms with E-state index in [1.54, 1.807) is 10.8 Å². The molecule has 2 N–H and O–H groups in total. The van der Waals surface area contributed by atoms with Crippen LogP contribution in [0.3, 0.4) is 0 Å². The van der Waals surface area contributed by atoms with Crippen LogP contribution in [0.2, 0.25) is 0 Å². The largest absolute Gasteiger partial charge is 0.336 e. The fourth-order valence-corrected chi connectivity index (χ4v) is 2.78. The first-order valence-corrected chi connectivity index (χ1v) is 6.89. The van der Waals surface area contributed by atoms with Crippen molar-refractivity contribution in [2.45, 2.75) is 13.5 Å². The minimum Gasteiger partial charge on any atom is -0.336 e. The van der Waals surface area contributed by atoms with Gasteiger partial charge in [0.1, 0.15) is 5.69 Å². The highest BCUT2D eigenvalue weighted by atomic mass is 32.1. The summed E-state index contributed by atoms with van der Waals surface area (Å²) in [6.45, 7) is 2.56. The van der Waals surface area contributed by atoms with Gasteiger partial charge in [0, 0.05) is 6.54 Å². The zero-order valence-corrected chi connectivity index (χ0v) is 11.4. The molecule has 0 spiro atoms. The second-order valence-corrected chi connectivity index (χ2v) is 5.00. The molecule has 0 fully saturated rings. The van der Waals surface area contributed by atoms with Crippen molar-refractivity contribution in [3.05, 3.63) is 28.8 Å². The summed E-state index contributed by atoms with van der Waals surface area (Å²) < 4.78 is 9.82. The van der Waals surface area contributed by atoms with Crippen LogP contribution < -0.4 is 5.69 Å². The van der Waals surface area contributed by atoms with E-state index >= 15 is 0 Å². The van der Waals surface area contributed by atoms with Crippen molar-refractivity contribution in [1.29, 1.82) is 0 Å². The normalized spacial score (nSPS) is 11.7. The Labute approximate surface area is 116 Å². The van der Waals surface area contributed by atoms with Crippen LogP contribution in [-0.2, 0) is 6.54 Å². The van der Waals surface area contributed by atoms with Gasteiger partial charge in [-0.25, -0.2) is 9.78 Å². The van der Waals surface area contributed by atoms with Crippen LogP contribution in [0, 0.1) is 0 Å². The molecule has 7 nitrogen and oxygen atoms in total. The Balaban J connectivity index is 2.01. The van der Waals surface area contributed by atoms with Gasteiger partial charge in [-0.15, -0.1) is 0 Å². The zero-order valence-electron chi connectivity index (χ0n) is 10.5. The van der Waals surface area contributed by atoms with Gasteiger partial charge in [0.25, 0.3) is 0 Å². The van der Waals surface area contributed by atoms with Crippen LogP contribution in [-0.4, -0.2) is 28.3 Å². The molecular weight excluding hydrogens is 276 g/mol. The Morgan fingerprint density at radius 1 is 1.30 bits per heavy atom. The van der Waals surface area contributed by atoms with Crippen LogP contribution in [0.15, 0.2) is 23.1 Å². The fraction of sp³-hybridized carbons (Fsp3) is 0.167. The number of H-pyrrole nitrogens is 2. The molecule has 0 radical (unpaired) electrons. The molecule has 4 aromatic rings. The van der Waals surface area contributed by atoms with Gasteiger partial charge >= 0.3 is 5.69 Å². The van der Waals surface area contributed by atoms with Crippen molar-refractivity contribution in [1.82, 2.24) is 28.3 Å². The highest BCUT2D eigenvalue weighted by Crippen LogP contribution is 2.23. The number of nitrogens with one attached hydrogen (secondary N) is 2. The molecule has 0 aliphatic heterocycles. The molecule has 0 aliphatic rings. The molecule has 0 aliphatic carbocycles. The quantitative estimate of drug-likeness (QED) is 0.587. The van der Waals surface area contributed by atoms with E-state index < -0.39 is 0 Å². The molecule has 0 bridgehead atoms. The van der Waals surface area contributed by atoms with Gasteiger partial charge in [0.15, 0.2) is 5.82 Å². The second-order valence-electron chi connectivity index (χ2n) is 4.44. The van der Waals surface area contributed by atoms with E-state index in [0.29, 0.717) is 12.4 Å². The maximum absolute atomic E-state index is 11.8. The number of benzene rings is 1. The Morgan fingerprint density at radius 2 is 2.20 bits per heavy atom. The predicted molar refractivity (Wildman–Crippen MR) is 76.8 cm³/mol. The molecule has 0 saturated carbocycles. The molecule has 100 valence electrons. The third kappa shape index (κ3) is 1.51. The first-order chi connectivity index (χ1) is 9.76. The van der Waals surface area contributed by atoms with Crippen molar-refractivity contribution in [3.8, 4) is 11.5 Å². The maximum Gasteiger partial charge on any atom is 0.326 e. The average molecular weight is 286 g/mol. The van der Waals surface area contributed by atoms with Gasteiger partial charge in [0.05, 0.1) is 40.0 Å². The predicted octanol–water partition coefficient (Wildman–Crippen LogP) is 1.74. The van der Waals surface area contributed by atoms with E-state index in [-0.39, 0.29) is 5.69 Å². The summed E-state index contributed by atoms with van der Waals surface area (Å²) in [6, 6.07) is 3.81. The highest BCUT2D eigenvalue weighted by Gasteiger charge is 2.11. The molecule has 3 heterocycles. The lowest BCUT2D eigenvalue weighted by Gasteiger charge is -1.96. The summed E-state index contributed by atoms with van der Waals surface area (Å²) in [5, 5.41) is 0. The van der Waals surface area contributed by atoms with Crippen LogP contribution in [0.4, 0.5) is 0 Å². The first-order valence-electron chi connectivity index (χ1n) is 6.16. The van der Waals surface area contributed by atoms with Gasteiger partial charge in [0.2, 0.25) is 0 Å². The first kappa shape index (κ1) is 11.4. The van der Waals surface area contributed by atoms with Crippen LogP contribution in [0.1, 0.15) is 6.92 Å². The number of aryl methyl sites for hydroxylation is 1. The average Bonchev–Trinajstić information content (AvgIpc) is 3.12. The summed E-state index contributed by atoms with van der Waals surface area (Å²) >= 11 is 1.15. The zero-order chi connectivity index (χ0) is 13.7. The highest BCUT2D eigenvalue weighted by molar-refractivity contribution is 6.99. The molecule has 20 heavy (non-hydrogen) atoms. The van der Waals surface area contributed by atoms with E-state index in [9.17, 15) is 4.79 Å².